The van der Waals surface area contributed by atoms with Crippen LogP contribution in [-0.2, 0) is 71.4 Å². The SMILES string of the molecule is C[Se].C[Se].[C-]#[O+].[C-]#[O+].[C-]#[O+].[C-]#[O+].[C-]#[O+].[C-]#[O+].[C-]#[O+].[C-]#[O+].[Mn].[Mn]. The monoisotopic (exact) mass is 524 g/mol. The summed E-state index contributed by atoms with van der Waals surface area (Å²) in [6, 6.07) is 0. The minimum Gasteiger partial charge on any atom is 0 e. The molecule has 0 fully saturated rings. The van der Waals surface area contributed by atoms with Crippen molar-refractivity contribution in [3.63, 3.8) is 0 Å². The van der Waals surface area contributed by atoms with Crippen LogP contribution in [0.25, 0.3) is 0 Å². The Labute approximate surface area is 167 Å². The van der Waals surface area contributed by atoms with Crippen LogP contribution in [0.4, 0.5) is 0 Å². The molecule has 0 bridgehead atoms. The Balaban J connectivity index is -0.00000000500. The van der Waals surface area contributed by atoms with Crippen LogP contribution in [-0.4, -0.2) is 32.0 Å². The molecule has 0 aliphatic heterocycles. The van der Waals surface area contributed by atoms with Crippen molar-refractivity contribution < 1.29 is 71.4 Å². The molecule has 0 unspecified atom stereocenters. The van der Waals surface area contributed by atoms with E-state index in [1.165, 1.54) is 0 Å². The molecule has 0 amide bonds. The number of hydrogen-bond donors (Lipinski definition) is 0. The van der Waals surface area contributed by atoms with Gasteiger partial charge in [0.15, 0.2) is 0 Å². The largest absolute Gasteiger partial charge is 0 e. The molecule has 0 saturated carbocycles. The van der Waals surface area contributed by atoms with E-state index in [2.05, 4.69) is 85.2 Å². The van der Waals surface area contributed by atoms with Gasteiger partial charge in [0.2, 0.25) is 0 Å². The van der Waals surface area contributed by atoms with Gasteiger partial charge in [-0.3, -0.25) is 0 Å². The molecular weight excluding hydrogens is 516 g/mol. The molecule has 0 N–H and O–H groups in total. The van der Waals surface area contributed by atoms with Gasteiger partial charge >= 0.3 is 134 Å². The van der Waals surface area contributed by atoms with E-state index in [4.69, 9.17) is 37.2 Å². The predicted molar refractivity (Wildman–Crippen MR) is 54.7 cm³/mol. The van der Waals surface area contributed by atoms with Crippen LogP contribution in [0.3, 0.4) is 0 Å². The van der Waals surface area contributed by atoms with Crippen molar-refractivity contribution in [3.05, 3.63) is 53.2 Å². The summed E-state index contributed by atoms with van der Waals surface area (Å²) in [6.45, 7) is 36.0. The van der Waals surface area contributed by atoms with E-state index < -0.39 is 0 Å². The number of rotatable bonds is 0. The summed E-state index contributed by atoms with van der Waals surface area (Å²) in [6.07, 6.45) is 0. The van der Waals surface area contributed by atoms with Gasteiger partial charge in [-0.15, -0.1) is 0 Å². The second-order valence-electron chi connectivity index (χ2n) is 0. The summed E-state index contributed by atoms with van der Waals surface area (Å²) in [7, 11) is 0. The first-order valence-electron chi connectivity index (χ1n) is 2.45. The van der Waals surface area contributed by atoms with E-state index >= 15 is 0 Å². The van der Waals surface area contributed by atoms with E-state index in [1.807, 2.05) is 11.6 Å². The van der Waals surface area contributed by atoms with Gasteiger partial charge < -0.3 is 0 Å². The summed E-state index contributed by atoms with van der Waals surface area (Å²) >= 11 is 5.25. The van der Waals surface area contributed by atoms with Crippen LogP contribution in [0, 0.1) is 53.2 Å². The molecule has 8 nitrogen and oxygen atoms in total. The van der Waals surface area contributed by atoms with Crippen molar-refractivity contribution in [2.75, 3.05) is 0 Å². The Kier molecular flexibility index (Phi) is 8580000000. The van der Waals surface area contributed by atoms with Gasteiger partial charge in [0.25, 0.3) is 0 Å². The van der Waals surface area contributed by atoms with Gasteiger partial charge in [-0.2, -0.15) is 0 Å². The van der Waals surface area contributed by atoms with Crippen molar-refractivity contribution >= 4 is 32.0 Å². The zero-order valence-corrected chi connectivity index (χ0v) is 16.6. The molecule has 0 heterocycles. The summed E-state index contributed by atoms with van der Waals surface area (Å²) in [5.41, 5.74) is 0. The molecule has 0 saturated heterocycles. The van der Waals surface area contributed by atoms with Gasteiger partial charge in [0.1, 0.15) is 0 Å². The molecule has 0 aliphatic rings. The molecular formula is C10H6Mn2O8Se2. The average molecular weight is 522 g/mol. The Hall–Kier alpha value is -0.00208. The van der Waals surface area contributed by atoms with Crippen LogP contribution in [0.1, 0.15) is 0 Å². The molecule has 0 spiro atoms. The summed E-state index contributed by atoms with van der Waals surface area (Å²) < 4.78 is 60.0. The minimum absolute atomic E-state index is 0. The molecule has 0 rings (SSSR count). The quantitative estimate of drug-likeness (QED) is 0.240. The van der Waals surface area contributed by atoms with Gasteiger partial charge in [-0.05, 0) is 0 Å². The van der Waals surface area contributed by atoms with Gasteiger partial charge in [0.05, 0.1) is 0 Å². The van der Waals surface area contributed by atoms with Crippen molar-refractivity contribution in [1.82, 2.24) is 0 Å². The first-order chi connectivity index (χ1) is 10.0. The van der Waals surface area contributed by atoms with E-state index in [-0.39, 0.29) is 34.1 Å². The van der Waals surface area contributed by atoms with Crippen LogP contribution in [0.2, 0.25) is 11.6 Å². The molecule has 120 valence electrons. The van der Waals surface area contributed by atoms with Crippen molar-refractivity contribution in [1.29, 1.82) is 0 Å². The van der Waals surface area contributed by atoms with E-state index in [0.29, 0.717) is 0 Å². The maximum absolute atomic E-state index is 7.50. The first-order valence-corrected chi connectivity index (χ1v) is 5.88. The zero-order chi connectivity index (χ0) is 20.0. The third-order valence-electron chi connectivity index (χ3n) is 0. The summed E-state index contributed by atoms with van der Waals surface area (Å²) in [5.74, 6) is 3.75. The predicted octanol–water partition coefficient (Wildman–Crippen LogP) is 0.101. The average Bonchev–Trinajstić information content (AvgIpc) is 2.71. The van der Waals surface area contributed by atoms with Crippen LogP contribution in [0.15, 0.2) is 0 Å². The molecule has 0 aliphatic carbocycles. The Morgan fingerprint density at radius 1 is 0.318 bits per heavy atom. The van der Waals surface area contributed by atoms with Gasteiger partial charge in [0, 0.05) is 34.1 Å². The smallest absolute Gasteiger partial charge is 0 e. The van der Waals surface area contributed by atoms with Crippen LogP contribution < -0.4 is 0 Å². The summed E-state index contributed by atoms with van der Waals surface area (Å²) in [5, 5.41) is 0. The fourth-order valence-corrected chi connectivity index (χ4v) is 0. The number of hydrogen-bond acceptors (Lipinski definition) is 0. The molecule has 0 aromatic heterocycles. The molecule has 0 atom stereocenters. The fourth-order valence-electron chi connectivity index (χ4n) is 0. The van der Waals surface area contributed by atoms with Gasteiger partial charge in [-0.1, -0.05) is 0 Å². The Morgan fingerprint density at radius 2 is 0.318 bits per heavy atom. The van der Waals surface area contributed by atoms with Crippen molar-refractivity contribution in [2.45, 2.75) is 11.6 Å². The zero-order valence-electron chi connectivity index (χ0n) is 10.8. The van der Waals surface area contributed by atoms with Crippen LogP contribution >= 0.6 is 0 Å². The van der Waals surface area contributed by atoms with Crippen LogP contribution in [0.5, 0.6) is 0 Å². The van der Waals surface area contributed by atoms with E-state index in [9.17, 15) is 0 Å². The maximum Gasteiger partial charge on any atom is 0 e. The summed E-state index contributed by atoms with van der Waals surface area (Å²) in [4.78, 5) is 0. The molecule has 12 heteroatoms. The first kappa shape index (κ1) is 97.0. The van der Waals surface area contributed by atoms with Crippen molar-refractivity contribution in [2.24, 2.45) is 0 Å². The molecule has 0 aromatic rings. The minimum atomic E-state index is 0. The normalized spacial score (nSPS) is 1.27. The Morgan fingerprint density at radius 3 is 0.318 bits per heavy atom. The molecule has 22 heavy (non-hydrogen) atoms. The van der Waals surface area contributed by atoms with Gasteiger partial charge in [-0.25, -0.2) is 0 Å². The standard InChI is InChI=1S/8CO.2CH3Se.2Mn/c10*1-2;;/h;;;;;;;;2*1H3;;. The second-order valence-corrected chi connectivity index (χ2v) is 0. The fraction of sp³-hybridized carbons (Fsp3) is 0.200. The van der Waals surface area contributed by atoms with E-state index in [0.717, 1.165) is 0 Å². The second kappa shape index (κ2) is 1940000000. The topological polar surface area (TPSA) is 159 Å². The third kappa shape index (κ3) is 1670000000. The Bertz CT molecular complexity index is 147. The third-order valence-corrected chi connectivity index (χ3v) is 0. The maximum atomic E-state index is 7.50. The molecule has 4 radical (unpaired) electrons. The van der Waals surface area contributed by atoms with E-state index in [1.54, 1.807) is 0 Å². The van der Waals surface area contributed by atoms with Crippen molar-refractivity contribution in [3.8, 4) is 0 Å². The molecule has 0 aromatic carbocycles.